The summed E-state index contributed by atoms with van der Waals surface area (Å²) < 4.78 is 21.1. The van der Waals surface area contributed by atoms with Gasteiger partial charge in [0.05, 0.1) is 13.2 Å². The van der Waals surface area contributed by atoms with Crippen molar-refractivity contribution in [1.82, 2.24) is 5.32 Å². The maximum absolute atomic E-state index is 14.2. The number of nitrogens with one attached hydrogen (secondary N) is 1. The molecule has 5 heteroatoms. The molecule has 1 unspecified atom stereocenters. The number of halogens is 3. The lowest BCUT2D eigenvalue weighted by Crippen LogP contribution is -2.23. The number of benzene rings is 2. The van der Waals surface area contributed by atoms with Crippen LogP contribution in [0.15, 0.2) is 45.3 Å². The van der Waals surface area contributed by atoms with Crippen molar-refractivity contribution >= 4 is 31.9 Å². The van der Waals surface area contributed by atoms with Crippen LogP contribution >= 0.6 is 31.9 Å². The van der Waals surface area contributed by atoms with Crippen LogP contribution in [0.4, 0.5) is 4.39 Å². The molecule has 0 saturated heterocycles. The van der Waals surface area contributed by atoms with Crippen molar-refractivity contribution in [2.75, 3.05) is 13.7 Å². The van der Waals surface area contributed by atoms with Crippen LogP contribution in [-0.2, 0) is 0 Å². The van der Waals surface area contributed by atoms with Gasteiger partial charge in [-0.15, -0.1) is 0 Å². The van der Waals surface area contributed by atoms with Crippen molar-refractivity contribution in [2.24, 2.45) is 0 Å². The van der Waals surface area contributed by atoms with Crippen LogP contribution in [-0.4, -0.2) is 13.7 Å². The highest BCUT2D eigenvalue weighted by molar-refractivity contribution is 9.10. The molecule has 0 radical (unpaired) electrons. The molecular formula is C16H16Br2FNO. The van der Waals surface area contributed by atoms with E-state index in [1.807, 2.05) is 25.1 Å². The lowest BCUT2D eigenvalue weighted by Gasteiger charge is -2.21. The van der Waals surface area contributed by atoms with Gasteiger partial charge >= 0.3 is 0 Å². The zero-order valence-electron chi connectivity index (χ0n) is 11.8. The van der Waals surface area contributed by atoms with Crippen LogP contribution in [0.1, 0.15) is 24.1 Å². The van der Waals surface area contributed by atoms with Gasteiger partial charge < -0.3 is 10.1 Å². The zero-order chi connectivity index (χ0) is 15.4. The Bertz CT molecular complexity index is 634. The van der Waals surface area contributed by atoms with Crippen molar-refractivity contribution in [3.63, 3.8) is 0 Å². The minimum atomic E-state index is -0.230. The van der Waals surface area contributed by atoms with E-state index in [2.05, 4.69) is 37.2 Å². The molecule has 2 aromatic carbocycles. The third-order valence-electron chi connectivity index (χ3n) is 3.20. The molecule has 2 rings (SSSR count). The monoisotopic (exact) mass is 415 g/mol. The summed E-state index contributed by atoms with van der Waals surface area (Å²) in [5.74, 6) is 0.530. The van der Waals surface area contributed by atoms with Gasteiger partial charge in [0.15, 0.2) is 0 Å². The van der Waals surface area contributed by atoms with Gasteiger partial charge in [0.25, 0.3) is 0 Å². The first kappa shape index (κ1) is 16.5. The predicted molar refractivity (Wildman–Crippen MR) is 90.3 cm³/mol. The molecule has 0 aliphatic heterocycles. The van der Waals surface area contributed by atoms with Crippen molar-refractivity contribution in [2.45, 2.75) is 13.0 Å². The van der Waals surface area contributed by atoms with Crippen LogP contribution in [0.5, 0.6) is 5.75 Å². The van der Waals surface area contributed by atoms with Gasteiger partial charge in [-0.1, -0.05) is 44.8 Å². The van der Waals surface area contributed by atoms with E-state index in [1.54, 1.807) is 19.2 Å². The Morgan fingerprint density at radius 2 is 1.90 bits per heavy atom. The maximum atomic E-state index is 14.2. The highest BCUT2D eigenvalue weighted by Crippen LogP contribution is 2.33. The lowest BCUT2D eigenvalue weighted by molar-refractivity contribution is 0.414. The highest BCUT2D eigenvalue weighted by Gasteiger charge is 2.20. The Hall–Kier alpha value is -0.910. The molecule has 0 heterocycles. The molecule has 0 aliphatic carbocycles. The standard InChI is InChI=1S/C16H16Br2FNO/c1-3-20-16(13-8-10(17)4-7-15(13)19)12-6-5-11(21-2)9-14(12)18/h4-9,16,20H,3H2,1-2H3. The van der Waals surface area contributed by atoms with Crippen LogP contribution in [0.25, 0.3) is 0 Å². The number of rotatable bonds is 5. The largest absolute Gasteiger partial charge is 0.497 e. The molecule has 0 aliphatic rings. The number of hydrogen-bond donors (Lipinski definition) is 1. The van der Waals surface area contributed by atoms with Crippen molar-refractivity contribution in [1.29, 1.82) is 0 Å². The minimum absolute atomic E-state index is 0.229. The second-order valence-electron chi connectivity index (χ2n) is 4.54. The van der Waals surface area contributed by atoms with E-state index in [4.69, 9.17) is 4.74 Å². The molecule has 112 valence electrons. The minimum Gasteiger partial charge on any atom is -0.497 e. The second kappa shape index (κ2) is 7.38. The molecule has 1 atom stereocenters. The molecule has 0 spiro atoms. The van der Waals surface area contributed by atoms with Crippen molar-refractivity contribution < 1.29 is 9.13 Å². The number of methoxy groups -OCH3 is 1. The fourth-order valence-corrected chi connectivity index (χ4v) is 3.16. The SMILES string of the molecule is CCNC(c1cc(Br)ccc1F)c1ccc(OC)cc1Br. The van der Waals surface area contributed by atoms with E-state index in [0.717, 1.165) is 26.8 Å². The summed E-state index contributed by atoms with van der Waals surface area (Å²) in [5.41, 5.74) is 1.58. The Balaban J connectivity index is 2.50. The molecule has 21 heavy (non-hydrogen) atoms. The first-order valence-corrected chi connectivity index (χ1v) is 8.17. The predicted octanol–water partition coefficient (Wildman–Crippen LogP) is 5.06. The molecule has 0 aromatic heterocycles. The van der Waals surface area contributed by atoms with Crippen LogP contribution < -0.4 is 10.1 Å². The fraction of sp³-hybridized carbons (Fsp3) is 0.250. The third kappa shape index (κ3) is 3.84. The fourth-order valence-electron chi connectivity index (χ4n) is 2.20. The van der Waals surface area contributed by atoms with E-state index >= 15 is 0 Å². The Morgan fingerprint density at radius 3 is 2.52 bits per heavy atom. The molecular weight excluding hydrogens is 401 g/mol. The topological polar surface area (TPSA) is 21.3 Å². The van der Waals surface area contributed by atoms with Gasteiger partial charge in [-0.3, -0.25) is 0 Å². The normalized spacial score (nSPS) is 12.2. The Morgan fingerprint density at radius 1 is 1.14 bits per heavy atom. The molecule has 2 nitrogen and oxygen atoms in total. The summed E-state index contributed by atoms with van der Waals surface area (Å²) in [5, 5.41) is 3.33. The molecule has 0 fully saturated rings. The summed E-state index contributed by atoms with van der Waals surface area (Å²) >= 11 is 6.95. The number of ether oxygens (including phenoxy) is 1. The summed E-state index contributed by atoms with van der Waals surface area (Å²) in [6.07, 6.45) is 0. The molecule has 0 bridgehead atoms. The van der Waals surface area contributed by atoms with Crippen molar-refractivity contribution in [3.05, 3.63) is 62.3 Å². The van der Waals surface area contributed by atoms with Gasteiger partial charge in [-0.25, -0.2) is 4.39 Å². The van der Waals surface area contributed by atoms with E-state index in [-0.39, 0.29) is 11.9 Å². The summed E-state index contributed by atoms with van der Waals surface area (Å²) in [6.45, 7) is 2.73. The quantitative estimate of drug-likeness (QED) is 0.735. The average molecular weight is 417 g/mol. The van der Waals surface area contributed by atoms with E-state index < -0.39 is 0 Å². The van der Waals surface area contributed by atoms with Gasteiger partial charge in [-0.2, -0.15) is 0 Å². The van der Waals surface area contributed by atoms with Crippen LogP contribution in [0.2, 0.25) is 0 Å². The summed E-state index contributed by atoms with van der Waals surface area (Å²) in [4.78, 5) is 0. The Kier molecular flexibility index (Phi) is 5.79. The molecule has 2 aromatic rings. The van der Waals surface area contributed by atoms with Gasteiger partial charge in [0.2, 0.25) is 0 Å². The molecule has 1 N–H and O–H groups in total. The van der Waals surface area contributed by atoms with Gasteiger partial charge in [0.1, 0.15) is 11.6 Å². The highest BCUT2D eigenvalue weighted by atomic mass is 79.9. The Labute approximate surface area is 141 Å². The smallest absolute Gasteiger partial charge is 0.128 e. The van der Waals surface area contributed by atoms with Gasteiger partial charge in [0, 0.05) is 14.5 Å². The first-order chi connectivity index (χ1) is 10.1. The van der Waals surface area contributed by atoms with Crippen LogP contribution in [0, 0.1) is 5.82 Å². The van der Waals surface area contributed by atoms with E-state index in [9.17, 15) is 4.39 Å². The zero-order valence-corrected chi connectivity index (χ0v) is 15.0. The van der Waals surface area contributed by atoms with Crippen molar-refractivity contribution in [3.8, 4) is 5.75 Å². The van der Waals surface area contributed by atoms with E-state index in [1.165, 1.54) is 6.07 Å². The average Bonchev–Trinajstić information content (AvgIpc) is 2.48. The first-order valence-electron chi connectivity index (χ1n) is 6.58. The van der Waals surface area contributed by atoms with E-state index in [0.29, 0.717) is 5.56 Å². The third-order valence-corrected chi connectivity index (χ3v) is 4.38. The van der Waals surface area contributed by atoms with Crippen LogP contribution in [0.3, 0.4) is 0 Å². The molecule has 0 saturated carbocycles. The number of hydrogen-bond acceptors (Lipinski definition) is 2. The molecule has 0 amide bonds. The summed E-state index contributed by atoms with van der Waals surface area (Å²) in [7, 11) is 1.62. The van der Waals surface area contributed by atoms with Gasteiger partial charge in [-0.05, 0) is 42.4 Å². The lowest BCUT2D eigenvalue weighted by atomic mass is 9.98. The second-order valence-corrected chi connectivity index (χ2v) is 6.31. The summed E-state index contributed by atoms with van der Waals surface area (Å²) in [6, 6.07) is 10.4. The maximum Gasteiger partial charge on any atom is 0.128 e.